The van der Waals surface area contributed by atoms with Crippen LogP contribution in [0.5, 0.6) is 17.2 Å². The SMILES string of the molecule is COc1cc(C=CC(=O)N(CCCN)CCCCNCCCN)cc(OC)c1O. The van der Waals surface area contributed by atoms with Gasteiger partial charge in [0.2, 0.25) is 11.7 Å². The lowest BCUT2D eigenvalue weighted by molar-refractivity contribution is -0.126. The maximum atomic E-state index is 12.7. The number of hydrogen-bond donors (Lipinski definition) is 4. The van der Waals surface area contributed by atoms with E-state index < -0.39 is 0 Å². The second kappa shape index (κ2) is 14.7. The molecule has 0 atom stereocenters. The third-order valence-corrected chi connectivity index (χ3v) is 4.45. The molecule has 1 aromatic rings. The highest BCUT2D eigenvalue weighted by Crippen LogP contribution is 2.37. The van der Waals surface area contributed by atoms with Gasteiger partial charge in [-0.3, -0.25) is 4.79 Å². The predicted octanol–water partition coefficient (Wildman–Crippen LogP) is 1.32. The molecule has 0 aliphatic rings. The maximum absolute atomic E-state index is 12.7. The largest absolute Gasteiger partial charge is 0.502 e. The molecule has 0 aliphatic carbocycles. The van der Waals surface area contributed by atoms with Crippen molar-refractivity contribution in [3.8, 4) is 17.2 Å². The number of carbonyl (C=O) groups excluding carboxylic acids is 1. The van der Waals surface area contributed by atoms with Crippen molar-refractivity contribution in [2.75, 3.05) is 53.5 Å². The van der Waals surface area contributed by atoms with Crippen LogP contribution >= 0.6 is 0 Å². The number of hydrogen-bond acceptors (Lipinski definition) is 7. The van der Waals surface area contributed by atoms with E-state index in [0.717, 1.165) is 38.8 Å². The van der Waals surface area contributed by atoms with Gasteiger partial charge >= 0.3 is 0 Å². The van der Waals surface area contributed by atoms with E-state index in [0.29, 0.717) is 43.2 Å². The van der Waals surface area contributed by atoms with E-state index in [1.165, 1.54) is 20.3 Å². The zero-order valence-corrected chi connectivity index (χ0v) is 17.7. The van der Waals surface area contributed by atoms with Gasteiger partial charge in [-0.15, -0.1) is 0 Å². The quantitative estimate of drug-likeness (QED) is 0.255. The third-order valence-electron chi connectivity index (χ3n) is 4.45. The highest BCUT2D eigenvalue weighted by molar-refractivity contribution is 5.92. The lowest BCUT2D eigenvalue weighted by Gasteiger charge is -2.21. The molecule has 1 aromatic carbocycles. The van der Waals surface area contributed by atoms with Gasteiger partial charge in [0.25, 0.3) is 0 Å². The Morgan fingerprint density at radius 3 is 2.21 bits per heavy atom. The molecule has 0 fully saturated rings. The summed E-state index contributed by atoms with van der Waals surface area (Å²) in [7, 11) is 2.93. The average molecular weight is 409 g/mol. The Morgan fingerprint density at radius 1 is 1.03 bits per heavy atom. The first-order valence-electron chi connectivity index (χ1n) is 10.1. The van der Waals surface area contributed by atoms with Crippen LogP contribution in [0.25, 0.3) is 6.08 Å². The molecule has 164 valence electrons. The Bertz CT molecular complexity index is 612. The van der Waals surface area contributed by atoms with Crippen LogP contribution in [0.15, 0.2) is 18.2 Å². The number of aromatic hydroxyl groups is 1. The molecule has 1 rings (SSSR count). The van der Waals surface area contributed by atoms with Gasteiger partial charge in [-0.2, -0.15) is 0 Å². The number of nitrogens with one attached hydrogen (secondary N) is 1. The number of ether oxygens (including phenoxy) is 2. The maximum Gasteiger partial charge on any atom is 0.246 e. The molecule has 6 N–H and O–H groups in total. The van der Waals surface area contributed by atoms with Crippen molar-refractivity contribution >= 4 is 12.0 Å². The summed E-state index contributed by atoms with van der Waals surface area (Å²) in [6.45, 7) is 4.39. The van der Waals surface area contributed by atoms with Crippen LogP contribution in [0.3, 0.4) is 0 Å². The molecule has 8 heteroatoms. The van der Waals surface area contributed by atoms with Crippen molar-refractivity contribution in [3.63, 3.8) is 0 Å². The lowest BCUT2D eigenvalue weighted by atomic mass is 10.1. The van der Waals surface area contributed by atoms with Gasteiger partial charge in [0.1, 0.15) is 0 Å². The summed E-state index contributed by atoms with van der Waals surface area (Å²) in [6, 6.07) is 3.30. The van der Waals surface area contributed by atoms with E-state index >= 15 is 0 Å². The van der Waals surface area contributed by atoms with Crippen molar-refractivity contribution in [2.24, 2.45) is 11.5 Å². The standard InChI is InChI=1S/C21H36N4O4/c1-28-18-15-17(16-19(29-2)21(18)27)7-8-20(26)25(14-6-10-23)13-4-3-11-24-12-5-9-22/h7-8,15-16,24,27H,3-6,9-14,22-23H2,1-2H3. The highest BCUT2D eigenvalue weighted by Gasteiger charge is 2.12. The Balaban J connectivity index is 2.67. The van der Waals surface area contributed by atoms with Crippen molar-refractivity contribution in [1.29, 1.82) is 0 Å². The van der Waals surface area contributed by atoms with Crippen LogP contribution in [-0.4, -0.2) is 69.4 Å². The summed E-state index contributed by atoms with van der Waals surface area (Å²) in [4.78, 5) is 14.5. The van der Waals surface area contributed by atoms with Gasteiger partial charge in [0.05, 0.1) is 14.2 Å². The second-order valence-corrected chi connectivity index (χ2v) is 6.67. The number of unbranched alkanes of at least 4 members (excludes halogenated alkanes) is 1. The zero-order valence-electron chi connectivity index (χ0n) is 17.7. The first-order chi connectivity index (χ1) is 14.1. The molecule has 29 heavy (non-hydrogen) atoms. The van der Waals surface area contributed by atoms with Crippen LogP contribution in [0.2, 0.25) is 0 Å². The Labute approximate surface area is 173 Å². The number of benzene rings is 1. The summed E-state index contributed by atoms with van der Waals surface area (Å²) in [5, 5.41) is 13.3. The fourth-order valence-corrected chi connectivity index (χ4v) is 2.80. The van der Waals surface area contributed by atoms with Gasteiger partial charge < -0.3 is 36.3 Å². The Hall–Kier alpha value is -2.29. The summed E-state index contributed by atoms with van der Waals surface area (Å²) in [5.41, 5.74) is 11.8. The predicted molar refractivity (Wildman–Crippen MR) is 116 cm³/mol. The number of nitrogens with two attached hydrogens (primary N) is 2. The molecule has 0 saturated carbocycles. The fourth-order valence-electron chi connectivity index (χ4n) is 2.80. The molecule has 8 nitrogen and oxygen atoms in total. The van der Waals surface area contributed by atoms with Crippen LogP contribution in [0.1, 0.15) is 31.2 Å². The third kappa shape index (κ3) is 9.17. The molecule has 0 saturated heterocycles. The van der Waals surface area contributed by atoms with Gasteiger partial charge in [0.15, 0.2) is 11.5 Å². The van der Waals surface area contributed by atoms with E-state index in [9.17, 15) is 9.90 Å². The van der Waals surface area contributed by atoms with Gasteiger partial charge in [0, 0.05) is 19.2 Å². The van der Waals surface area contributed by atoms with E-state index in [1.807, 2.05) is 4.90 Å². The number of carbonyl (C=O) groups is 1. The van der Waals surface area contributed by atoms with Crippen molar-refractivity contribution < 1.29 is 19.4 Å². The van der Waals surface area contributed by atoms with Crippen LogP contribution in [0.4, 0.5) is 0 Å². The highest BCUT2D eigenvalue weighted by atomic mass is 16.5. The number of phenols is 1. The first-order valence-corrected chi connectivity index (χ1v) is 10.1. The van der Waals surface area contributed by atoms with Gasteiger partial charge in [-0.1, -0.05) is 0 Å². The summed E-state index contributed by atoms with van der Waals surface area (Å²) >= 11 is 0. The Morgan fingerprint density at radius 2 is 1.62 bits per heavy atom. The van der Waals surface area contributed by atoms with Crippen LogP contribution in [0, 0.1) is 0 Å². The molecular formula is C21H36N4O4. The smallest absolute Gasteiger partial charge is 0.246 e. The molecule has 0 spiro atoms. The summed E-state index contributed by atoms with van der Waals surface area (Å²) in [6.07, 6.45) is 6.86. The minimum atomic E-state index is -0.0689. The molecule has 0 bridgehead atoms. The molecule has 0 unspecified atom stereocenters. The van der Waals surface area contributed by atoms with Gasteiger partial charge in [-0.25, -0.2) is 0 Å². The molecule has 0 aliphatic heterocycles. The van der Waals surface area contributed by atoms with Gasteiger partial charge in [-0.05, 0) is 75.6 Å². The van der Waals surface area contributed by atoms with Crippen molar-refractivity contribution in [1.82, 2.24) is 10.2 Å². The Kier molecular flexibility index (Phi) is 12.5. The molecule has 1 amide bonds. The number of phenolic OH excluding ortho intramolecular Hbond substituents is 1. The number of rotatable bonds is 15. The van der Waals surface area contributed by atoms with E-state index in [2.05, 4.69) is 5.32 Å². The summed E-state index contributed by atoms with van der Waals surface area (Å²) < 4.78 is 10.3. The topological polar surface area (TPSA) is 123 Å². The van der Waals surface area contributed by atoms with Crippen LogP contribution < -0.4 is 26.3 Å². The normalized spacial score (nSPS) is 11.0. The van der Waals surface area contributed by atoms with E-state index in [-0.39, 0.29) is 11.7 Å². The minimum absolute atomic E-state index is 0.0666. The first kappa shape index (κ1) is 24.7. The second-order valence-electron chi connectivity index (χ2n) is 6.67. The fraction of sp³-hybridized carbons (Fsp3) is 0.571. The zero-order chi connectivity index (χ0) is 21.5. The van der Waals surface area contributed by atoms with Crippen molar-refractivity contribution in [3.05, 3.63) is 23.8 Å². The number of nitrogens with zero attached hydrogens (tertiary/aromatic N) is 1. The average Bonchev–Trinajstić information content (AvgIpc) is 2.74. The molecule has 0 radical (unpaired) electrons. The van der Waals surface area contributed by atoms with Crippen LogP contribution in [-0.2, 0) is 4.79 Å². The monoisotopic (exact) mass is 408 g/mol. The molecule has 0 aromatic heterocycles. The lowest BCUT2D eigenvalue weighted by Crippen LogP contribution is -2.33. The van der Waals surface area contributed by atoms with E-state index in [4.69, 9.17) is 20.9 Å². The summed E-state index contributed by atoms with van der Waals surface area (Å²) in [5.74, 6) is 0.445. The number of amides is 1. The molecular weight excluding hydrogens is 372 g/mol. The minimum Gasteiger partial charge on any atom is -0.502 e. The van der Waals surface area contributed by atoms with E-state index in [1.54, 1.807) is 18.2 Å². The molecule has 0 heterocycles. The van der Waals surface area contributed by atoms with Crippen molar-refractivity contribution in [2.45, 2.75) is 25.7 Å². The number of methoxy groups -OCH3 is 2.